The lowest BCUT2D eigenvalue weighted by molar-refractivity contribution is 0.146. The summed E-state index contributed by atoms with van der Waals surface area (Å²) in [4.78, 5) is 16.8. The number of likely N-dealkylation sites (N-methyl/N-ethyl adjacent to an activating group) is 1. The van der Waals surface area contributed by atoms with Crippen molar-refractivity contribution < 1.29 is 9.47 Å². The Bertz CT molecular complexity index is 816. The third kappa shape index (κ3) is 4.17. The molecule has 0 N–H and O–H groups in total. The maximum Gasteiger partial charge on any atom is 0.253 e. The van der Waals surface area contributed by atoms with Crippen LogP contribution in [0.1, 0.15) is 11.1 Å². The van der Waals surface area contributed by atoms with Crippen molar-refractivity contribution in [2.45, 2.75) is 13.5 Å². The Morgan fingerprint density at radius 1 is 0.926 bits per heavy atom. The first-order chi connectivity index (χ1) is 12.9. The molecule has 1 aromatic carbocycles. The Morgan fingerprint density at radius 2 is 1.52 bits per heavy atom. The highest BCUT2D eigenvalue weighted by Crippen LogP contribution is 2.36. The molecular formula is C21H29N3O3. The summed E-state index contributed by atoms with van der Waals surface area (Å²) in [5.41, 5.74) is 3.75. The van der Waals surface area contributed by atoms with Crippen LogP contribution in [0.3, 0.4) is 0 Å². The fourth-order valence-electron chi connectivity index (χ4n) is 3.57. The van der Waals surface area contributed by atoms with Crippen LogP contribution in [0.15, 0.2) is 29.2 Å². The summed E-state index contributed by atoms with van der Waals surface area (Å²) in [6.07, 6.45) is 1.85. The van der Waals surface area contributed by atoms with E-state index in [1.807, 2.05) is 31.3 Å². The fourth-order valence-corrected chi connectivity index (χ4v) is 3.57. The van der Waals surface area contributed by atoms with E-state index in [0.29, 0.717) is 0 Å². The Labute approximate surface area is 160 Å². The minimum absolute atomic E-state index is 0.0179. The van der Waals surface area contributed by atoms with Gasteiger partial charge in [-0.25, -0.2) is 0 Å². The van der Waals surface area contributed by atoms with Crippen LogP contribution in [0.25, 0.3) is 11.1 Å². The molecule has 0 radical (unpaired) electrons. The molecule has 6 heteroatoms. The van der Waals surface area contributed by atoms with E-state index in [2.05, 4.69) is 16.8 Å². The predicted octanol–water partition coefficient (Wildman–Crippen LogP) is 2.13. The third-order valence-electron chi connectivity index (χ3n) is 5.28. The molecule has 0 bridgehead atoms. The lowest BCUT2D eigenvalue weighted by Crippen LogP contribution is -2.43. The summed E-state index contributed by atoms with van der Waals surface area (Å²) in [6, 6.07) is 5.98. The molecule has 2 heterocycles. The summed E-state index contributed by atoms with van der Waals surface area (Å²) in [5, 5.41) is 0. The van der Waals surface area contributed by atoms with Crippen LogP contribution in [0.2, 0.25) is 0 Å². The van der Waals surface area contributed by atoms with Crippen LogP contribution < -0.4 is 15.0 Å². The minimum Gasteiger partial charge on any atom is -0.496 e. The highest BCUT2D eigenvalue weighted by molar-refractivity contribution is 5.69. The van der Waals surface area contributed by atoms with Gasteiger partial charge < -0.3 is 18.9 Å². The van der Waals surface area contributed by atoms with E-state index in [4.69, 9.17) is 9.47 Å². The Morgan fingerprint density at radius 3 is 2.04 bits per heavy atom. The predicted molar refractivity (Wildman–Crippen MR) is 108 cm³/mol. The molecule has 2 aromatic rings. The third-order valence-corrected chi connectivity index (χ3v) is 5.28. The second kappa shape index (κ2) is 8.15. The normalized spacial score (nSPS) is 15.7. The maximum absolute atomic E-state index is 12.0. The van der Waals surface area contributed by atoms with Crippen molar-refractivity contribution in [3.63, 3.8) is 0 Å². The Hall–Kier alpha value is -2.31. The second-order valence-corrected chi connectivity index (χ2v) is 7.27. The van der Waals surface area contributed by atoms with Gasteiger partial charge in [0.15, 0.2) is 0 Å². The molecule has 1 fully saturated rings. The maximum atomic E-state index is 12.0. The zero-order valence-corrected chi connectivity index (χ0v) is 16.9. The Balaban J connectivity index is 1.98. The van der Waals surface area contributed by atoms with Crippen LogP contribution in [0.5, 0.6) is 11.5 Å². The van der Waals surface area contributed by atoms with Gasteiger partial charge in [0, 0.05) is 51.5 Å². The summed E-state index contributed by atoms with van der Waals surface area (Å²) < 4.78 is 13.0. The molecule has 146 valence electrons. The first-order valence-electron chi connectivity index (χ1n) is 9.26. The molecule has 27 heavy (non-hydrogen) atoms. The largest absolute Gasteiger partial charge is 0.496 e. The first-order valence-corrected chi connectivity index (χ1v) is 9.26. The molecule has 1 aliphatic rings. The van der Waals surface area contributed by atoms with E-state index in [9.17, 15) is 4.79 Å². The van der Waals surface area contributed by atoms with Gasteiger partial charge in [0.2, 0.25) is 0 Å². The molecule has 1 aromatic heterocycles. The van der Waals surface area contributed by atoms with Crippen LogP contribution >= 0.6 is 0 Å². The lowest BCUT2D eigenvalue weighted by atomic mass is 10.0. The van der Waals surface area contributed by atoms with Gasteiger partial charge in [-0.05, 0) is 43.3 Å². The minimum atomic E-state index is 0.0179. The summed E-state index contributed by atoms with van der Waals surface area (Å²) >= 11 is 0. The number of rotatable bonds is 5. The number of aryl methyl sites for hydroxylation is 2. The Kier molecular flexibility index (Phi) is 5.87. The number of ether oxygens (including phenoxy) is 2. The van der Waals surface area contributed by atoms with E-state index in [1.54, 1.807) is 25.8 Å². The number of hydrogen-bond acceptors (Lipinski definition) is 5. The van der Waals surface area contributed by atoms with Crippen molar-refractivity contribution in [1.82, 2.24) is 14.4 Å². The molecule has 1 saturated heterocycles. The molecule has 0 atom stereocenters. The van der Waals surface area contributed by atoms with Gasteiger partial charge >= 0.3 is 0 Å². The van der Waals surface area contributed by atoms with Crippen LogP contribution in [-0.4, -0.2) is 61.8 Å². The quantitative estimate of drug-likeness (QED) is 0.806. The van der Waals surface area contributed by atoms with Crippen molar-refractivity contribution in [3.8, 4) is 22.6 Å². The molecule has 0 aliphatic carbocycles. The van der Waals surface area contributed by atoms with Crippen LogP contribution in [-0.2, 0) is 13.6 Å². The monoisotopic (exact) mass is 371 g/mol. The highest BCUT2D eigenvalue weighted by Gasteiger charge is 2.20. The average molecular weight is 371 g/mol. The van der Waals surface area contributed by atoms with Gasteiger partial charge in [0.1, 0.15) is 11.5 Å². The van der Waals surface area contributed by atoms with Crippen molar-refractivity contribution in [1.29, 1.82) is 0 Å². The van der Waals surface area contributed by atoms with Crippen molar-refractivity contribution >= 4 is 0 Å². The molecule has 0 saturated carbocycles. The van der Waals surface area contributed by atoms with Crippen LogP contribution in [0, 0.1) is 6.92 Å². The van der Waals surface area contributed by atoms with Gasteiger partial charge in [-0.3, -0.25) is 9.69 Å². The number of methoxy groups -OCH3 is 2. The second-order valence-electron chi connectivity index (χ2n) is 7.27. The van der Waals surface area contributed by atoms with Gasteiger partial charge in [-0.15, -0.1) is 0 Å². The van der Waals surface area contributed by atoms with Crippen molar-refractivity contribution in [3.05, 3.63) is 45.9 Å². The average Bonchev–Trinajstić information content (AvgIpc) is 2.67. The number of aromatic nitrogens is 1. The number of benzene rings is 1. The van der Waals surface area contributed by atoms with Gasteiger partial charge in [-0.2, -0.15) is 0 Å². The number of nitrogens with zero attached hydrogens (tertiary/aromatic N) is 3. The van der Waals surface area contributed by atoms with E-state index in [-0.39, 0.29) is 5.56 Å². The summed E-state index contributed by atoms with van der Waals surface area (Å²) in [6.45, 7) is 6.84. The first kappa shape index (κ1) is 19.5. The van der Waals surface area contributed by atoms with Gasteiger partial charge in [0.05, 0.1) is 19.8 Å². The molecule has 0 spiro atoms. The number of piperazine rings is 1. The zero-order chi connectivity index (χ0) is 19.6. The fraction of sp³-hybridized carbons (Fsp3) is 0.476. The SMILES string of the molecule is COc1cc(-c2cc(C)c(=O)n(C)c2)cc(OC)c1CN1CCN(C)CC1. The molecular weight excluding hydrogens is 342 g/mol. The summed E-state index contributed by atoms with van der Waals surface area (Å²) in [5.74, 6) is 1.63. The zero-order valence-electron chi connectivity index (χ0n) is 16.9. The topological polar surface area (TPSA) is 46.9 Å². The molecule has 0 unspecified atom stereocenters. The molecule has 0 amide bonds. The van der Waals surface area contributed by atoms with Crippen molar-refractivity contribution in [2.24, 2.45) is 7.05 Å². The smallest absolute Gasteiger partial charge is 0.253 e. The van der Waals surface area contributed by atoms with E-state index < -0.39 is 0 Å². The lowest BCUT2D eigenvalue weighted by Gasteiger charge is -2.33. The van der Waals surface area contributed by atoms with E-state index >= 15 is 0 Å². The standard InChI is InChI=1S/C21H29N3O3/c1-15-10-17(13-23(3)21(15)25)16-11-19(26-4)18(20(12-16)27-5)14-24-8-6-22(2)7-9-24/h10-13H,6-9,14H2,1-5H3. The molecule has 3 rings (SSSR count). The molecule has 6 nitrogen and oxygen atoms in total. The highest BCUT2D eigenvalue weighted by atomic mass is 16.5. The summed E-state index contributed by atoms with van der Waals surface area (Å²) in [7, 11) is 7.31. The number of pyridine rings is 1. The van der Waals surface area contributed by atoms with Gasteiger partial charge in [0.25, 0.3) is 5.56 Å². The van der Waals surface area contributed by atoms with Crippen molar-refractivity contribution in [2.75, 3.05) is 47.4 Å². The molecule has 1 aliphatic heterocycles. The van der Waals surface area contributed by atoms with Gasteiger partial charge in [-0.1, -0.05) is 0 Å². The van der Waals surface area contributed by atoms with E-state index in [1.165, 1.54) is 0 Å². The van der Waals surface area contributed by atoms with E-state index in [0.717, 1.165) is 66.5 Å². The number of hydrogen-bond donors (Lipinski definition) is 0. The van der Waals surface area contributed by atoms with Crippen LogP contribution in [0.4, 0.5) is 0 Å².